The van der Waals surface area contributed by atoms with Gasteiger partial charge in [-0.05, 0) is 25.5 Å². The van der Waals surface area contributed by atoms with E-state index in [0.29, 0.717) is 13.0 Å². The van der Waals surface area contributed by atoms with E-state index in [1.807, 2.05) is 44.2 Å². The molecule has 0 heterocycles. The van der Waals surface area contributed by atoms with Crippen molar-refractivity contribution in [3.05, 3.63) is 30.3 Å². The van der Waals surface area contributed by atoms with Crippen LogP contribution in [0.2, 0.25) is 0 Å². The molecule has 0 fully saturated rings. The minimum atomic E-state index is -0.370. The molecule has 1 aromatic rings. The highest BCUT2D eigenvalue weighted by atomic mass is 32.1. The van der Waals surface area contributed by atoms with Gasteiger partial charge in [0.2, 0.25) is 5.91 Å². The highest BCUT2D eigenvalue weighted by Crippen LogP contribution is 2.17. The van der Waals surface area contributed by atoms with Gasteiger partial charge in [0.05, 0.1) is 10.9 Å². The van der Waals surface area contributed by atoms with Crippen molar-refractivity contribution in [3.63, 3.8) is 0 Å². The van der Waals surface area contributed by atoms with Crippen LogP contribution in [0.5, 0.6) is 0 Å². The van der Waals surface area contributed by atoms with Crippen molar-refractivity contribution < 1.29 is 4.79 Å². The SMILES string of the molecule is CCC(C(=O)N(CC)c1ccccc1)C(N)=S. The Hall–Kier alpha value is -1.42. The molecule has 0 radical (unpaired) electrons. The second-order valence-electron chi connectivity index (χ2n) is 3.78. The summed E-state index contributed by atoms with van der Waals surface area (Å²) in [5.41, 5.74) is 6.49. The molecule has 1 rings (SSSR count). The van der Waals surface area contributed by atoms with E-state index in [1.165, 1.54) is 0 Å². The fourth-order valence-electron chi connectivity index (χ4n) is 1.76. The Kier molecular flexibility index (Phi) is 5.10. The third kappa shape index (κ3) is 3.27. The number of rotatable bonds is 5. The first kappa shape index (κ1) is 13.6. The molecular formula is C13H18N2OS. The van der Waals surface area contributed by atoms with Gasteiger partial charge in [-0.3, -0.25) is 4.79 Å². The lowest BCUT2D eigenvalue weighted by atomic mass is 10.0. The van der Waals surface area contributed by atoms with Crippen LogP contribution in [0, 0.1) is 5.92 Å². The summed E-state index contributed by atoms with van der Waals surface area (Å²) in [6, 6.07) is 9.56. The second-order valence-corrected chi connectivity index (χ2v) is 4.25. The van der Waals surface area contributed by atoms with Crippen molar-refractivity contribution in [1.82, 2.24) is 0 Å². The highest BCUT2D eigenvalue weighted by molar-refractivity contribution is 7.80. The fourth-order valence-corrected chi connectivity index (χ4v) is 2.03. The number of thiocarbonyl (C=S) groups is 1. The van der Waals surface area contributed by atoms with Crippen LogP contribution >= 0.6 is 12.2 Å². The zero-order valence-electron chi connectivity index (χ0n) is 10.2. The maximum atomic E-state index is 12.3. The highest BCUT2D eigenvalue weighted by Gasteiger charge is 2.24. The molecule has 0 aliphatic carbocycles. The quantitative estimate of drug-likeness (QED) is 0.816. The number of carbonyl (C=O) groups excluding carboxylic acids is 1. The van der Waals surface area contributed by atoms with Gasteiger partial charge in [0.1, 0.15) is 0 Å². The number of hydrogen-bond acceptors (Lipinski definition) is 2. The molecule has 2 N–H and O–H groups in total. The van der Waals surface area contributed by atoms with Gasteiger partial charge in [0.25, 0.3) is 0 Å². The van der Waals surface area contributed by atoms with Crippen molar-refractivity contribution >= 4 is 28.8 Å². The molecule has 0 aliphatic rings. The van der Waals surface area contributed by atoms with E-state index < -0.39 is 0 Å². The van der Waals surface area contributed by atoms with Crippen molar-refractivity contribution in [2.75, 3.05) is 11.4 Å². The normalized spacial score (nSPS) is 11.9. The molecule has 0 spiro atoms. The summed E-state index contributed by atoms with van der Waals surface area (Å²) in [6.45, 7) is 4.47. The smallest absolute Gasteiger partial charge is 0.236 e. The van der Waals surface area contributed by atoms with Gasteiger partial charge in [-0.1, -0.05) is 37.3 Å². The summed E-state index contributed by atoms with van der Waals surface area (Å²) < 4.78 is 0. The topological polar surface area (TPSA) is 46.3 Å². The molecule has 1 aromatic carbocycles. The van der Waals surface area contributed by atoms with Crippen LogP contribution in [-0.4, -0.2) is 17.4 Å². The van der Waals surface area contributed by atoms with Crippen LogP contribution in [0.15, 0.2) is 30.3 Å². The molecule has 1 unspecified atom stereocenters. The van der Waals surface area contributed by atoms with E-state index in [4.69, 9.17) is 18.0 Å². The molecule has 17 heavy (non-hydrogen) atoms. The second kappa shape index (κ2) is 6.35. The molecule has 1 amide bonds. The first-order chi connectivity index (χ1) is 8.11. The van der Waals surface area contributed by atoms with Gasteiger partial charge in [-0.15, -0.1) is 0 Å². The summed E-state index contributed by atoms with van der Waals surface area (Å²) in [4.78, 5) is 14.3. The maximum absolute atomic E-state index is 12.3. The van der Waals surface area contributed by atoms with Gasteiger partial charge in [-0.25, -0.2) is 0 Å². The number of benzene rings is 1. The summed E-state index contributed by atoms with van der Waals surface area (Å²) >= 11 is 4.94. The lowest BCUT2D eigenvalue weighted by Gasteiger charge is -2.25. The Bertz CT molecular complexity index is 392. The Labute approximate surface area is 108 Å². The molecule has 3 nitrogen and oxygen atoms in total. The molecule has 0 saturated carbocycles. The third-order valence-electron chi connectivity index (χ3n) is 2.70. The molecule has 0 aliphatic heterocycles. The van der Waals surface area contributed by atoms with Gasteiger partial charge in [0, 0.05) is 12.2 Å². The Balaban J connectivity index is 2.95. The number of carbonyl (C=O) groups is 1. The van der Waals surface area contributed by atoms with E-state index in [-0.39, 0.29) is 16.8 Å². The molecule has 1 atom stereocenters. The predicted octanol–water partition coefficient (Wildman–Crippen LogP) is 2.35. The summed E-state index contributed by atoms with van der Waals surface area (Å²) in [5.74, 6) is -0.390. The van der Waals surface area contributed by atoms with Crippen LogP contribution in [0.1, 0.15) is 20.3 Å². The van der Waals surface area contributed by atoms with E-state index in [0.717, 1.165) is 5.69 Å². The number of para-hydroxylation sites is 1. The van der Waals surface area contributed by atoms with Crippen molar-refractivity contribution in [1.29, 1.82) is 0 Å². The number of amides is 1. The summed E-state index contributed by atoms with van der Waals surface area (Å²) in [6.07, 6.45) is 0.636. The molecular weight excluding hydrogens is 232 g/mol. The Morgan fingerprint density at radius 2 is 1.94 bits per heavy atom. The van der Waals surface area contributed by atoms with E-state index in [9.17, 15) is 4.79 Å². The predicted molar refractivity (Wildman–Crippen MR) is 75.0 cm³/mol. The lowest BCUT2D eigenvalue weighted by Crippen LogP contribution is -2.41. The standard InChI is InChI=1S/C13H18N2OS/c1-3-11(12(14)17)13(16)15(4-2)10-8-6-5-7-9-10/h5-9,11H,3-4H2,1-2H3,(H2,14,17). The van der Waals surface area contributed by atoms with Gasteiger partial charge >= 0.3 is 0 Å². The first-order valence-corrected chi connectivity index (χ1v) is 6.18. The molecule has 4 heteroatoms. The van der Waals surface area contributed by atoms with E-state index in [2.05, 4.69) is 0 Å². The van der Waals surface area contributed by atoms with Crippen molar-refractivity contribution in [2.45, 2.75) is 20.3 Å². The molecule has 0 saturated heterocycles. The number of nitrogens with zero attached hydrogens (tertiary/aromatic N) is 1. The number of hydrogen-bond donors (Lipinski definition) is 1. The Morgan fingerprint density at radius 1 is 1.35 bits per heavy atom. The Morgan fingerprint density at radius 3 is 2.35 bits per heavy atom. The monoisotopic (exact) mass is 250 g/mol. The summed E-state index contributed by atoms with van der Waals surface area (Å²) in [5, 5.41) is 0. The van der Waals surface area contributed by atoms with Crippen LogP contribution in [0.25, 0.3) is 0 Å². The van der Waals surface area contributed by atoms with Crippen molar-refractivity contribution in [3.8, 4) is 0 Å². The lowest BCUT2D eigenvalue weighted by molar-refractivity contribution is -0.120. The molecule has 0 bridgehead atoms. The third-order valence-corrected chi connectivity index (χ3v) is 2.98. The van der Waals surface area contributed by atoms with Crippen LogP contribution in [-0.2, 0) is 4.79 Å². The van der Waals surface area contributed by atoms with Gasteiger partial charge in [-0.2, -0.15) is 0 Å². The average Bonchev–Trinajstić information content (AvgIpc) is 2.31. The van der Waals surface area contributed by atoms with Gasteiger partial charge < -0.3 is 10.6 Å². The first-order valence-electron chi connectivity index (χ1n) is 5.77. The number of anilines is 1. The summed E-state index contributed by atoms with van der Waals surface area (Å²) in [7, 11) is 0. The van der Waals surface area contributed by atoms with E-state index >= 15 is 0 Å². The van der Waals surface area contributed by atoms with Crippen LogP contribution < -0.4 is 10.6 Å². The minimum absolute atomic E-state index is 0.0197. The van der Waals surface area contributed by atoms with Crippen molar-refractivity contribution in [2.24, 2.45) is 11.7 Å². The zero-order chi connectivity index (χ0) is 12.8. The van der Waals surface area contributed by atoms with Gasteiger partial charge in [0.15, 0.2) is 0 Å². The number of nitrogens with two attached hydrogens (primary N) is 1. The van der Waals surface area contributed by atoms with E-state index in [1.54, 1.807) is 4.90 Å². The molecule has 92 valence electrons. The maximum Gasteiger partial charge on any atom is 0.236 e. The fraction of sp³-hybridized carbons (Fsp3) is 0.385. The zero-order valence-corrected chi connectivity index (χ0v) is 11.0. The van der Waals surface area contributed by atoms with Crippen LogP contribution in [0.4, 0.5) is 5.69 Å². The van der Waals surface area contributed by atoms with Crippen LogP contribution in [0.3, 0.4) is 0 Å². The average molecular weight is 250 g/mol. The largest absolute Gasteiger partial charge is 0.393 e. The molecule has 0 aromatic heterocycles. The minimum Gasteiger partial charge on any atom is -0.393 e.